The Hall–Kier alpha value is -1.19. The van der Waals surface area contributed by atoms with Crippen LogP contribution in [-0.4, -0.2) is 31.2 Å². The van der Waals surface area contributed by atoms with E-state index < -0.39 is 0 Å². The van der Waals surface area contributed by atoms with E-state index in [0.29, 0.717) is 13.1 Å². The monoisotopic (exact) mass is 156 g/mol. The molecule has 0 aliphatic carbocycles. The van der Waals surface area contributed by atoms with Gasteiger partial charge in [0.25, 0.3) is 0 Å². The molecule has 0 aromatic carbocycles. The lowest BCUT2D eigenvalue weighted by Gasteiger charge is -2.23. The summed E-state index contributed by atoms with van der Waals surface area (Å²) >= 11 is 0. The van der Waals surface area contributed by atoms with Crippen molar-refractivity contribution in [3.8, 4) is 0 Å². The lowest BCUT2D eigenvalue weighted by molar-refractivity contribution is 0.127. The highest BCUT2D eigenvalue weighted by Gasteiger charge is 2.15. The van der Waals surface area contributed by atoms with Crippen LogP contribution in [0.5, 0.6) is 0 Å². The SMILES string of the molecule is COC(=O)N1CC=C(N)CC1. The van der Waals surface area contributed by atoms with Gasteiger partial charge in [-0.25, -0.2) is 4.79 Å². The molecule has 0 spiro atoms. The van der Waals surface area contributed by atoms with Crippen LogP contribution in [0.4, 0.5) is 4.79 Å². The van der Waals surface area contributed by atoms with E-state index in [2.05, 4.69) is 4.74 Å². The van der Waals surface area contributed by atoms with Gasteiger partial charge in [-0.3, -0.25) is 0 Å². The Labute approximate surface area is 65.6 Å². The molecule has 0 fully saturated rings. The molecule has 0 atom stereocenters. The quantitative estimate of drug-likeness (QED) is 0.548. The first-order valence-corrected chi connectivity index (χ1v) is 3.51. The number of carbonyl (C=O) groups excluding carboxylic acids is 1. The van der Waals surface area contributed by atoms with Crippen molar-refractivity contribution in [1.29, 1.82) is 0 Å². The van der Waals surface area contributed by atoms with Gasteiger partial charge in [-0.05, 0) is 6.08 Å². The third-order valence-electron chi connectivity index (χ3n) is 1.68. The largest absolute Gasteiger partial charge is 0.453 e. The summed E-state index contributed by atoms with van der Waals surface area (Å²) in [5.74, 6) is 0. The minimum atomic E-state index is -0.284. The van der Waals surface area contributed by atoms with Crippen molar-refractivity contribution >= 4 is 6.09 Å². The molecular formula is C7H12N2O2. The van der Waals surface area contributed by atoms with E-state index >= 15 is 0 Å². The zero-order chi connectivity index (χ0) is 8.27. The van der Waals surface area contributed by atoms with Crippen LogP contribution in [0.1, 0.15) is 6.42 Å². The third-order valence-corrected chi connectivity index (χ3v) is 1.68. The minimum Gasteiger partial charge on any atom is -0.453 e. The fraction of sp³-hybridized carbons (Fsp3) is 0.571. The predicted molar refractivity (Wildman–Crippen MR) is 40.9 cm³/mol. The Bertz CT molecular complexity index is 189. The average Bonchev–Trinajstić information content (AvgIpc) is 2.05. The number of rotatable bonds is 0. The summed E-state index contributed by atoms with van der Waals surface area (Å²) in [5, 5.41) is 0. The number of hydrogen-bond acceptors (Lipinski definition) is 3. The molecule has 1 aliphatic heterocycles. The van der Waals surface area contributed by atoms with Crippen LogP contribution >= 0.6 is 0 Å². The van der Waals surface area contributed by atoms with Crippen LogP contribution < -0.4 is 5.73 Å². The molecule has 0 unspecified atom stereocenters. The van der Waals surface area contributed by atoms with Crippen LogP contribution in [-0.2, 0) is 4.74 Å². The number of hydrogen-bond donors (Lipinski definition) is 1. The lowest BCUT2D eigenvalue weighted by Crippen LogP contribution is -2.35. The summed E-state index contributed by atoms with van der Waals surface area (Å²) in [4.78, 5) is 12.5. The molecule has 0 aromatic rings. The molecule has 62 valence electrons. The van der Waals surface area contributed by atoms with Gasteiger partial charge in [-0.1, -0.05) is 0 Å². The highest BCUT2D eigenvalue weighted by Crippen LogP contribution is 2.06. The van der Waals surface area contributed by atoms with Gasteiger partial charge >= 0.3 is 6.09 Å². The Morgan fingerprint density at radius 2 is 2.55 bits per heavy atom. The number of carbonyl (C=O) groups is 1. The second-order valence-corrected chi connectivity index (χ2v) is 2.45. The van der Waals surface area contributed by atoms with E-state index in [0.717, 1.165) is 12.1 Å². The maximum atomic E-state index is 10.9. The van der Waals surface area contributed by atoms with Gasteiger partial charge in [0, 0.05) is 25.2 Å². The third kappa shape index (κ3) is 1.86. The molecule has 0 saturated carbocycles. The molecular weight excluding hydrogens is 144 g/mol. The fourth-order valence-electron chi connectivity index (χ4n) is 0.980. The summed E-state index contributed by atoms with van der Waals surface area (Å²) in [5.41, 5.74) is 6.37. The van der Waals surface area contributed by atoms with Crippen molar-refractivity contribution < 1.29 is 9.53 Å². The fourth-order valence-corrected chi connectivity index (χ4v) is 0.980. The topological polar surface area (TPSA) is 55.6 Å². The van der Waals surface area contributed by atoms with E-state index in [1.54, 1.807) is 4.90 Å². The highest BCUT2D eigenvalue weighted by molar-refractivity contribution is 5.67. The first kappa shape index (κ1) is 7.91. The number of ether oxygens (including phenoxy) is 1. The number of nitrogens with zero attached hydrogens (tertiary/aromatic N) is 1. The minimum absolute atomic E-state index is 0.284. The molecule has 0 radical (unpaired) electrons. The number of amides is 1. The van der Waals surface area contributed by atoms with Crippen molar-refractivity contribution in [2.24, 2.45) is 5.73 Å². The molecule has 4 heteroatoms. The van der Waals surface area contributed by atoms with Gasteiger partial charge in [0.15, 0.2) is 0 Å². The lowest BCUT2D eigenvalue weighted by atomic mass is 10.2. The van der Waals surface area contributed by atoms with Crippen molar-refractivity contribution in [3.63, 3.8) is 0 Å². The molecule has 4 nitrogen and oxygen atoms in total. The van der Waals surface area contributed by atoms with Gasteiger partial charge in [-0.2, -0.15) is 0 Å². The predicted octanol–water partition coefficient (Wildman–Crippen LogP) is 0.301. The molecule has 11 heavy (non-hydrogen) atoms. The summed E-state index contributed by atoms with van der Waals surface area (Å²) in [6.45, 7) is 1.23. The van der Waals surface area contributed by atoms with Gasteiger partial charge in [0.05, 0.1) is 7.11 Å². The van der Waals surface area contributed by atoms with E-state index in [9.17, 15) is 4.79 Å². The smallest absolute Gasteiger partial charge is 0.409 e. The first-order chi connectivity index (χ1) is 5.24. The summed E-state index contributed by atoms with van der Waals surface area (Å²) < 4.78 is 4.54. The first-order valence-electron chi connectivity index (χ1n) is 3.51. The van der Waals surface area contributed by atoms with E-state index in [4.69, 9.17) is 5.73 Å². The van der Waals surface area contributed by atoms with E-state index in [1.165, 1.54) is 7.11 Å². The molecule has 0 bridgehead atoms. The summed E-state index contributed by atoms with van der Waals surface area (Å²) in [6.07, 6.45) is 2.30. The van der Waals surface area contributed by atoms with Crippen LogP contribution in [0.3, 0.4) is 0 Å². The zero-order valence-corrected chi connectivity index (χ0v) is 6.54. The maximum Gasteiger partial charge on any atom is 0.409 e. The molecule has 1 heterocycles. The average molecular weight is 156 g/mol. The van der Waals surface area contributed by atoms with Crippen molar-refractivity contribution in [2.75, 3.05) is 20.2 Å². The standard InChI is InChI=1S/C7H12N2O2/c1-11-7(10)9-4-2-6(8)3-5-9/h2H,3-5,8H2,1H3. The van der Waals surface area contributed by atoms with Crippen molar-refractivity contribution in [1.82, 2.24) is 4.90 Å². The molecule has 1 amide bonds. The van der Waals surface area contributed by atoms with Crippen molar-refractivity contribution in [2.45, 2.75) is 6.42 Å². The molecule has 0 aromatic heterocycles. The van der Waals surface area contributed by atoms with Crippen LogP contribution in [0, 0.1) is 0 Å². The Morgan fingerprint density at radius 3 is 3.00 bits per heavy atom. The molecule has 1 aliphatic rings. The van der Waals surface area contributed by atoms with Gasteiger partial charge in [0.1, 0.15) is 0 Å². The zero-order valence-electron chi connectivity index (χ0n) is 6.54. The van der Waals surface area contributed by atoms with Crippen molar-refractivity contribution in [3.05, 3.63) is 11.8 Å². The number of nitrogens with two attached hydrogens (primary N) is 1. The molecule has 0 saturated heterocycles. The van der Waals surface area contributed by atoms with E-state index in [1.807, 2.05) is 6.08 Å². The van der Waals surface area contributed by atoms with Crippen LogP contribution in [0.15, 0.2) is 11.8 Å². The van der Waals surface area contributed by atoms with Crippen LogP contribution in [0.2, 0.25) is 0 Å². The molecule has 1 rings (SSSR count). The van der Waals surface area contributed by atoms with E-state index in [-0.39, 0.29) is 6.09 Å². The Morgan fingerprint density at radius 1 is 1.82 bits per heavy atom. The Kier molecular flexibility index (Phi) is 2.36. The summed E-state index contributed by atoms with van der Waals surface area (Å²) in [7, 11) is 1.38. The van der Waals surface area contributed by atoms with Gasteiger partial charge < -0.3 is 15.4 Å². The van der Waals surface area contributed by atoms with Crippen LogP contribution in [0.25, 0.3) is 0 Å². The second-order valence-electron chi connectivity index (χ2n) is 2.45. The maximum absolute atomic E-state index is 10.9. The van der Waals surface area contributed by atoms with Gasteiger partial charge in [0.2, 0.25) is 0 Å². The van der Waals surface area contributed by atoms with Gasteiger partial charge in [-0.15, -0.1) is 0 Å². The number of methoxy groups -OCH3 is 1. The normalized spacial score (nSPS) is 17.5. The summed E-state index contributed by atoms with van der Waals surface area (Å²) in [6, 6.07) is 0. The molecule has 2 N–H and O–H groups in total. The highest BCUT2D eigenvalue weighted by atomic mass is 16.5. The Balaban J connectivity index is 2.47. The second kappa shape index (κ2) is 3.27.